The Hall–Kier alpha value is -1.36. The highest BCUT2D eigenvalue weighted by molar-refractivity contribution is 5.91. The monoisotopic (exact) mass is 186 g/mol. The largest absolute Gasteiger partial charge is 0.477 e. The van der Waals surface area contributed by atoms with Crippen LogP contribution in [-0.4, -0.2) is 42.5 Å². The quantitative estimate of drug-likeness (QED) is 0.589. The van der Waals surface area contributed by atoms with Gasteiger partial charge in [-0.3, -0.25) is 4.79 Å². The molecule has 0 saturated heterocycles. The molecular weight excluding hydrogens is 172 g/mol. The van der Waals surface area contributed by atoms with E-state index >= 15 is 0 Å². The number of carbonyl (C=O) groups excluding carboxylic acids is 1. The van der Waals surface area contributed by atoms with Crippen molar-refractivity contribution in [3.05, 3.63) is 11.8 Å². The maximum absolute atomic E-state index is 10.6. The molecule has 0 aliphatic heterocycles. The molecule has 0 unspecified atom stereocenters. The minimum atomic E-state index is -1.13. The average Bonchev–Trinajstić information content (AvgIpc) is 1.96. The van der Waals surface area contributed by atoms with E-state index in [1.54, 1.807) is 4.90 Å². The summed E-state index contributed by atoms with van der Waals surface area (Å²) in [5, 5.41) is 10.9. The third-order valence-corrected chi connectivity index (χ3v) is 1.20. The summed E-state index contributed by atoms with van der Waals surface area (Å²) in [6.07, 6.45) is 1.45. The molecule has 74 valence electrons. The van der Waals surface area contributed by atoms with Crippen LogP contribution < -0.4 is 5.32 Å². The minimum absolute atomic E-state index is 0.0822. The Kier molecular flexibility index (Phi) is 4.76. The Morgan fingerprint density at radius 1 is 1.46 bits per heavy atom. The number of rotatable bonds is 4. The van der Waals surface area contributed by atoms with E-state index in [-0.39, 0.29) is 11.6 Å². The second kappa shape index (κ2) is 5.31. The molecule has 0 atom stereocenters. The lowest BCUT2D eigenvalue weighted by atomic mass is 10.3. The van der Waals surface area contributed by atoms with E-state index in [1.807, 2.05) is 14.1 Å². The molecule has 0 heterocycles. The molecule has 13 heavy (non-hydrogen) atoms. The second-order valence-corrected chi connectivity index (χ2v) is 2.87. The van der Waals surface area contributed by atoms with Gasteiger partial charge < -0.3 is 15.3 Å². The fourth-order valence-electron chi connectivity index (χ4n) is 0.655. The van der Waals surface area contributed by atoms with Gasteiger partial charge in [-0.15, -0.1) is 0 Å². The number of amides is 1. The summed E-state index contributed by atoms with van der Waals surface area (Å²) in [5.74, 6) is -1.51. The van der Waals surface area contributed by atoms with Gasteiger partial charge in [-0.1, -0.05) is 0 Å². The molecule has 0 aliphatic carbocycles. The fraction of sp³-hybridized carbons (Fsp3) is 0.500. The zero-order valence-corrected chi connectivity index (χ0v) is 8.00. The van der Waals surface area contributed by atoms with Crippen LogP contribution in [0.5, 0.6) is 0 Å². The summed E-state index contributed by atoms with van der Waals surface area (Å²) in [4.78, 5) is 22.9. The molecule has 2 N–H and O–H groups in total. The molecule has 5 nitrogen and oxygen atoms in total. The minimum Gasteiger partial charge on any atom is -0.477 e. The Labute approximate surface area is 77.0 Å². The number of hydrogen-bond donors (Lipinski definition) is 2. The average molecular weight is 186 g/mol. The van der Waals surface area contributed by atoms with E-state index in [0.717, 1.165) is 0 Å². The van der Waals surface area contributed by atoms with Crippen LogP contribution in [0.2, 0.25) is 0 Å². The van der Waals surface area contributed by atoms with Crippen molar-refractivity contribution in [3.63, 3.8) is 0 Å². The number of hydrogen-bond acceptors (Lipinski definition) is 3. The van der Waals surface area contributed by atoms with E-state index < -0.39 is 5.97 Å². The molecule has 0 saturated carbocycles. The van der Waals surface area contributed by atoms with Gasteiger partial charge in [-0.2, -0.15) is 0 Å². The molecule has 0 radical (unpaired) electrons. The van der Waals surface area contributed by atoms with Crippen molar-refractivity contribution in [1.29, 1.82) is 0 Å². The lowest BCUT2D eigenvalue weighted by molar-refractivity contribution is -0.134. The van der Waals surface area contributed by atoms with Crippen LogP contribution >= 0.6 is 0 Å². The van der Waals surface area contributed by atoms with Crippen LogP contribution in [0.3, 0.4) is 0 Å². The summed E-state index contributed by atoms with van der Waals surface area (Å²) >= 11 is 0. The van der Waals surface area contributed by atoms with E-state index in [4.69, 9.17) is 5.11 Å². The Balaban J connectivity index is 4.32. The van der Waals surface area contributed by atoms with Gasteiger partial charge in [0.25, 0.3) is 0 Å². The fourth-order valence-corrected chi connectivity index (χ4v) is 0.655. The first-order valence-corrected chi connectivity index (χ1v) is 3.79. The van der Waals surface area contributed by atoms with Crippen LogP contribution in [0.1, 0.15) is 6.92 Å². The molecule has 0 fully saturated rings. The van der Waals surface area contributed by atoms with Gasteiger partial charge in [0.15, 0.2) is 0 Å². The van der Waals surface area contributed by atoms with Gasteiger partial charge >= 0.3 is 5.97 Å². The molecule has 0 spiro atoms. The van der Waals surface area contributed by atoms with E-state index in [9.17, 15) is 9.59 Å². The predicted molar refractivity (Wildman–Crippen MR) is 48.1 cm³/mol. The van der Waals surface area contributed by atoms with E-state index in [1.165, 1.54) is 13.0 Å². The van der Waals surface area contributed by atoms with Gasteiger partial charge in [0, 0.05) is 13.5 Å². The molecule has 1 amide bonds. The number of nitrogens with one attached hydrogen (secondary N) is 1. The van der Waals surface area contributed by atoms with Gasteiger partial charge in [-0.05, 0) is 20.2 Å². The highest BCUT2D eigenvalue weighted by atomic mass is 16.4. The smallest absolute Gasteiger partial charge is 0.352 e. The van der Waals surface area contributed by atoms with Gasteiger partial charge in [0.2, 0.25) is 5.91 Å². The molecule has 0 aromatic carbocycles. The number of nitrogens with zero attached hydrogens (tertiary/aromatic N) is 1. The van der Waals surface area contributed by atoms with E-state index in [2.05, 4.69) is 5.32 Å². The zero-order chi connectivity index (χ0) is 10.4. The zero-order valence-electron chi connectivity index (χ0n) is 8.00. The van der Waals surface area contributed by atoms with Crippen LogP contribution in [-0.2, 0) is 9.59 Å². The number of likely N-dealkylation sites (N-methyl/N-ethyl adjacent to an activating group) is 1. The second-order valence-electron chi connectivity index (χ2n) is 2.87. The third-order valence-electron chi connectivity index (χ3n) is 1.20. The van der Waals surface area contributed by atoms with Crippen molar-refractivity contribution in [2.24, 2.45) is 0 Å². The lowest BCUT2D eigenvalue weighted by Gasteiger charge is -2.07. The first kappa shape index (κ1) is 11.6. The number of aliphatic carboxylic acids is 1. The first-order valence-electron chi connectivity index (χ1n) is 3.79. The van der Waals surface area contributed by atoms with Crippen molar-refractivity contribution in [1.82, 2.24) is 10.2 Å². The van der Waals surface area contributed by atoms with Crippen molar-refractivity contribution in [2.45, 2.75) is 6.92 Å². The topological polar surface area (TPSA) is 69.6 Å². The molecular formula is C8H14N2O3. The summed E-state index contributed by atoms with van der Waals surface area (Å²) in [6, 6.07) is 0. The standard InChI is InChI=1S/C8H14N2O3/c1-6(11)9-7(8(12)13)4-5-10(2)3/h4H,5H2,1-3H3,(H,9,11)(H,12,13). The van der Waals surface area contributed by atoms with Crippen molar-refractivity contribution >= 4 is 11.9 Å². The van der Waals surface area contributed by atoms with Crippen LogP contribution in [0.4, 0.5) is 0 Å². The summed E-state index contributed by atoms with van der Waals surface area (Å²) in [6.45, 7) is 1.74. The van der Waals surface area contributed by atoms with Crippen LogP contribution in [0.25, 0.3) is 0 Å². The Bertz CT molecular complexity index is 234. The van der Waals surface area contributed by atoms with E-state index in [0.29, 0.717) is 6.54 Å². The molecule has 0 aliphatic rings. The predicted octanol–water partition coefficient (Wildman–Crippen LogP) is -0.347. The normalized spacial score (nSPS) is 11.5. The highest BCUT2D eigenvalue weighted by Gasteiger charge is 2.07. The summed E-state index contributed by atoms with van der Waals surface area (Å²) < 4.78 is 0. The van der Waals surface area contributed by atoms with Crippen molar-refractivity contribution < 1.29 is 14.7 Å². The van der Waals surface area contributed by atoms with Gasteiger partial charge in [0.1, 0.15) is 5.70 Å². The molecule has 0 aromatic heterocycles. The van der Waals surface area contributed by atoms with Crippen LogP contribution in [0, 0.1) is 0 Å². The molecule has 0 bridgehead atoms. The van der Waals surface area contributed by atoms with Crippen molar-refractivity contribution in [3.8, 4) is 0 Å². The SMILES string of the molecule is CC(=O)NC(=CCN(C)C)C(=O)O. The lowest BCUT2D eigenvalue weighted by Crippen LogP contribution is -2.26. The molecule has 5 heteroatoms. The maximum atomic E-state index is 10.6. The Morgan fingerprint density at radius 3 is 2.31 bits per heavy atom. The number of carbonyl (C=O) groups is 2. The Morgan fingerprint density at radius 2 is 2.00 bits per heavy atom. The first-order chi connectivity index (χ1) is 5.93. The maximum Gasteiger partial charge on any atom is 0.352 e. The van der Waals surface area contributed by atoms with Crippen molar-refractivity contribution in [2.75, 3.05) is 20.6 Å². The van der Waals surface area contributed by atoms with Gasteiger partial charge in [-0.25, -0.2) is 4.79 Å². The summed E-state index contributed by atoms with van der Waals surface area (Å²) in [5.41, 5.74) is -0.0822. The highest BCUT2D eigenvalue weighted by Crippen LogP contribution is 1.90. The summed E-state index contributed by atoms with van der Waals surface area (Å²) in [7, 11) is 3.62. The third kappa shape index (κ3) is 5.86. The number of carboxylic acid groups (broad SMARTS) is 1. The van der Waals surface area contributed by atoms with Crippen LogP contribution in [0.15, 0.2) is 11.8 Å². The molecule has 0 aromatic rings. The molecule has 0 rings (SSSR count). The number of carboxylic acids is 1. The van der Waals surface area contributed by atoms with Gasteiger partial charge in [0.05, 0.1) is 0 Å².